The van der Waals surface area contributed by atoms with Crippen molar-refractivity contribution in [2.24, 2.45) is 0 Å². The highest BCUT2D eigenvalue weighted by atomic mass is 35.5. The molecule has 0 bridgehead atoms. The Morgan fingerprint density at radius 2 is 1.89 bits per heavy atom. The molecule has 102 valence electrons. The van der Waals surface area contributed by atoms with Gasteiger partial charge >= 0.3 is 12.1 Å². The van der Waals surface area contributed by atoms with E-state index in [9.17, 15) is 22.8 Å². The number of carbonyl (C=O) groups excluding carboxylic acids is 1. The fourth-order valence-corrected chi connectivity index (χ4v) is 1.35. The molecule has 19 heavy (non-hydrogen) atoms. The predicted octanol–water partition coefficient (Wildman–Crippen LogP) is 2.94. The number of carbonyl (C=O) groups is 2. The molecular weight excluding hydrogens is 287 g/mol. The monoisotopic (exact) mass is 293 g/mol. The lowest BCUT2D eigenvalue weighted by Gasteiger charge is -2.13. The van der Waals surface area contributed by atoms with Crippen LogP contribution in [0.3, 0.4) is 0 Å². The van der Waals surface area contributed by atoms with Gasteiger partial charge in [0.05, 0.1) is 11.3 Å². The first-order valence-corrected chi connectivity index (χ1v) is 5.16. The molecule has 4 nitrogen and oxygen atoms in total. The van der Waals surface area contributed by atoms with Gasteiger partial charge < -0.3 is 10.4 Å². The summed E-state index contributed by atoms with van der Waals surface area (Å²) in [5.74, 6) is -2.38. The number of nitrogens with one attached hydrogen (secondary N) is 1. The molecule has 0 aliphatic rings. The van der Waals surface area contributed by atoms with Crippen LogP contribution in [-0.4, -0.2) is 17.0 Å². The molecule has 1 aromatic rings. The van der Waals surface area contributed by atoms with E-state index >= 15 is 0 Å². The average Bonchev–Trinajstić information content (AvgIpc) is 2.27. The first kappa shape index (κ1) is 15.0. The van der Waals surface area contributed by atoms with Crippen molar-refractivity contribution in [3.05, 3.63) is 40.9 Å². The second kappa shape index (κ2) is 5.75. The minimum atomic E-state index is -4.69. The molecule has 0 fully saturated rings. The van der Waals surface area contributed by atoms with Gasteiger partial charge in [0.2, 0.25) is 5.91 Å². The molecule has 0 aliphatic heterocycles. The van der Waals surface area contributed by atoms with E-state index in [1.54, 1.807) is 0 Å². The number of hydrogen-bond donors (Lipinski definition) is 2. The Morgan fingerprint density at radius 1 is 1.26 bits per heavy atom. The molecule has 8 heteroatoms. The number of amides is 1. The van der Waals surface area contributed by atoms with Gasteiger partial charge in [-0.2, -0.15) is 13.2 Å². The lowest BCUT2D eigenvalue weighted by Crippen LogP contribution is -2.15. The van der Waals surface area contributed by atoms with E-state index in [2.05, 4.69) is 0 Å². The normalized spacial score (nSPS) is 11.6. The molecule has 1 amide bonds. The minimum absolute atomic E-state index is 0.133. The lowest BCUT2D eigenvalue weighted by molar-refractivity contribution is -0.137. The number of halogens is 4. The maximum atomic E-state index is 12.7. The van der Waals surface area contributed by atoms with Crippen LogP contribution in [-0.2, 0) is 15.8 Å². The second-order valence-corrected chi connectivity index (χ2v) is 3.78. The smallest absolute Gasteiger partial charge is 0.418 e. The van der Waals surface area contributed by atoms with Crippen molar-refractivity contribution < 1.29 is 27.9 Å². The van der Waals surface area contributed by atoms with Crippen molar-refractivity contribution in [1.82, 2.24) is 0 Å². The van der Waals surface area contributed by atoms with Crippen LogP contribution in [0.4, 0.5) is 18.9 Å². The van der Waals surface area contributed by atoms with Gasteiger partial charge in [-0.1, -0.05) is 11.6 Å². The Morgan fingerprint density at radius 3 is 2.42 bits per heavy atom. The number of aliphatic carboxylic acids is 1. The Labute approximate surface area is 110 Å². The highest BCUT2D eigenvalue weighted by Gasteiger charge is 2.34. The van der Waals surface area contributed by atoms with Crippen LogP contribution in [0.15, 0.2) is 30.4 Å². The van der Waals surface area contributed by atoms with E-state index < -0.39 is 29.3 Å². The standard InChI is InChI=1S/C11H7ClF3NO3/c12-6-1-2-8(7(5-6)11(13,14)15)16-9(17)3-4-10(18)19/h1-5H,(H,16,17)(H,18,19)/b4-3+. The molecule has 0 aromatic heterocycles. The van der Waals surface area contributed by atoms with Gasteiger partial charge in [-0.25, -0.2) is 4.79 Å². The molecule has 0 spiro atoms. The first-order valence-electron chi connectivity index (χ1n) is 4.79. The van der Waals surface area contributed by atoms with Crippen LogP contribution in [0.1, 0.15) is 5.56 Å². The molecule has 0 heterocycles. The van der Waals surface area contributed by atoms with Crippen molar-refractivity contribution in [2.45, 2.75) is 6.18 Å². The summed E-state index contributed by atoms with van der Waals surface area (Å²) in [7, 11) is 0. The number of benzene rings is 1. The van der Waals surface area contributed by atoms with Gasteiger partial charge in [-0.15, -0.1) is 0 Å². The van der Waals surface area contributed by atoms with Gasteiger partial charge in [0.15, 0.2) is 0 Å². The van der Waals surface area contributed by atoms with Crippen molar-refractivity contribution in [2.75, 3.05) is 5.32 Å². The predicted molar refractivity (Wildman–Crippen MR) is 61.9 cm³/mol. The van der Waals surface area contributed by atoms with Crippen molar-refractivity contribution in [3.63, 3.8) is 0 Å². The number of rotatable bonds is 3. The molecule has 0 radical (unpaired) electrons. The Bertz CT molecular complexity index is 540. The maximum absolute atomic E-state index is 12.7. The third kappa shape index (κ3) is 4.63. The Kier molecular flexibility index (Phi) is 4.55. The SMILES string of the molecule is O=C(O)/C=C/C(=O)Nc1ccc(Cl)cc1C(F)(F)F. The topological polar surface area (TPSA) is 66.4 Å². The third-order valence-electron chi connectivity index (χ3n) is 1.92. The summed E-state index contributed by atoms with van der Waals surface area (Å²) in [4.78, 5) is 21.4. The fraction of sp³-hybridized carbons (Fsp3) is 0.0909. The maximum Gasteiger partial charge on any atom is 0.418 e. The number of anilines is 1. The van der Waals surface area contributed by atoms with Crippen molar-refractivity contribution >= 4 is 29.2 Å². The lowest BCUT2D eigenvalue weighted by atomic mass is 10.1. The summed E-state index contributed by atoms with van der Waals surface area (Å²) in [6.07, 6.45) is -3.57. The molecule has 2 N–H and O–H groups in total. The Balaban J connectivity index is 3.02. The van der Waals surface area contributed by atoms with Gasteiger partial charge in [0.1, 0.15) is 0 Å². The average molecular weight is 294 g/mol. The molecular formula is C11H7ClF3NO3. The summed E-state index contributed by atoms with van der Waals surface area (Å²) in [6, 6.07) is 2.82. The van der Waals surface area contributed by atoms with Gasteiger partial charge in [0, 0.05) is 17.2 Å². The highest BCUT2D eigenvalue weighted by molar-refractivity contribution is 6.30. The van der Waals surface area contributed by atoms with Crippen LogP contribution in [0.25, 0.3) is 0 Å². The molecule has 0 saturated carbocycles. The Hall–Kier alpha value is -2.02. The second-order valence-electron chi connectivity index (χ2n) is 3.35. The van der Waals surface area contributed by atoms with E-state index in [1.807, 2.05) is 5.32 Å². The van der Waals surface area contributed by atoms with Gasteiger partial charge in [-0.05, 0) is 18.2 Å². The number of carboxylic acids is 1. The summed E-state index contributed by atoms with van der Waals surface area (Å²) in [5.41, 5.74) is -1.62. The van der Waals surface area contributed by atoms with E-state index in [0.717, 1.165) is 6.07 Å². The largest absolute Gasteiger partial charge is 0.478 e. The minimum Gasteiger partial charge on any atom is -0.478 e. The fourth-order valence-electron chi connectivity index (χ4n) is 1.18. The van der Waals surface area contributed by atoms with Crippen LogP contribution in [0.5, 0.6) is 0 Å². The molecule has 0 unspecified atom stereocenters. The van der Waals surface area contributed by atoms with Crippen LogP contribution in [0, 0.1) is 0 Å². The van der Waals surface area contributed by atoms with Gasteiger partial charge in [0.25, 0.3) is 0 Å². The van der Waals surface area contributed by atoms with E-state index in [1.165, 1.54) is 6.07 Å². The summed E-state index contributed by atoms with van der Waals surface area (Å²) < 4.78 is 38.0. The van der Waals surface area contributed by atoms with Crippen LogP contribution >= 0.6 is 11.6 Å². The van der Waals surface area contributed by atoms with Crippen LogP contribution < -0.4 is 5.32 Å². The van der Waals surface area contributed by atoms with E-state index in [0.29, 0.717) is 18.2 Å². The summed E-state index contributed by atoms with van der Waals surface area (Å²) in [6.45, 7) is 0. The molecule has 1 rings (SSSR count). The number of carboxylic acid groups (broad SMARTS) is 1. The molecule has 0 saturated heterocycles. The van der Waals surface area contributed by atoms with Crippen molar-refractivity contribution in [1.29, 1.82) is 0 Å². The van der Waals surface area contributed by atoms with E-state index in [-0.39, 0.29) is 5.02 Å². The first-order chi connectivity index (χ1) is 8.70. The highest BCUT2D eigenvalue weighted by Crippen LogP contribution is 2.36. The van der Waals surface area contributed by atoms with Crippen molar-refractivity contribution in [3.8, 4) is 0 Å². The van der Waals surface area contributed by atoms with Crippen LogP contribution in [0.2, 0.25) is 5.02 Å². The number of hydrogen-bond acceptors (Lipinski definition) is 2. The molecule has 1 aromatic carbocycles. The summed E-state index contributed by atoms with van der Waals surface area (Å²) in [5, 5.41) is 10.1. The van der Waals surface area contributed by atoms with Gasteiger partial charge in [-0.3, -0.25) is 4.79 Å². The zero-order valence-electron chi connectivity index (χ0n) is 9.16. The molecule has 0 atom stereocenters. The van der Waals surface area contributed by atoms with E-state index in [4.69, 9.17) is 16.7 Å². The number of alkyl halides is 3. The quantitative estimate of drug-likeness (QED) is 0.842. The zero-order valence-corrected chi connectivity index (χ0v) is 9.92. The zero-order chi connectivity index (χ0) is 14.6. The summed E-state index contributed by atoms with van der Waals surface area (Å²) >= 11 is 5.46. The third-order valence-corrected chi connectivity index (χ3v) is 2.16. The molecule has 0 aliphatic carbocycles.